The van der Waals surface area contributed by atoms with E-state index in [2.05, 4.69) is 78.8 Å². The molecule has 1 aliphatic heterocycles. The van der Waals surface area contributed by atoms with Crippen LogP contribution < -0.4 is 0 Å². The van der Waals surface area contributed by atoms with E-state index in [1.54, 1.807) is 0 Å². The van der Waals surface area contributed by atoms with E-state index in [1.165, 1.54) is 64.2 Å². The van der Waals surface area contributed by atoms with Gasteiger partial charge in [0.15, 0.2) is 6.29 Å². The molecule has 13 heteroatoms. The van der Waals surface area contributed by atoms with Crippen LogP contribution in [0.3, 0.4) is 0 Å². The lowest BCUT2D eigenvalue weighted by Crippen LogP contribution is -2.60. The largest absolute Gasteiger partial charge is 0.457 e. The topological polar surface area (TPSA) is 178 Å². The van der Waals surface area contributed by atoms with Crippen molar-refractivity contribution in [2.45, 2.75) is 218 Å². The number of unbranched alkanes of at least 4 members (excludes halogenated alkanes) is 18. The number of carbonyl (C=O) groups is 1. The molecular formula is C49H86O12S. The zero-order valence-corrected chi connectivity index (χ0v) is 39.2. The summed E-state index contributed by atoms with van der Waals surface area (Å²) in [6, 6.07) is 0. The van der Waals surface area contributed by atoms with E-state index in [9.17, 15) is 28.5 Å². The van der Waals surface area contributed by atoms with Crippen LogP contribution in [0.2, 0.25) is 0 Å². The first-order chi connectivity index (χ1) is 30.1. The monoisotopic (exact) mass is 899 g/mol. The third kappa shape index (κ3) is 33.3. The number of ether oxygens (including phenoxy) is 4. The van der Waals surface area contributed by atoms with Gasteiger partial charge in [-0.05, 0) is 70.6 Å². The molecule has 6 unspecified atom stereocenters. The predicted molar refractivity (Wildman–Crippen MR) is 248 cm³/mol. The number of allylic oxidation sites excluding steroid dienone is 10. The van der Waals surface area contributed by atoms with Gasteiger partial charge in [0.1, 0.15) is 30.5 Å². The highest BCUT2D eigenvalue weighted by molar-refractivity contribution is 7.80. The zero-order chi connectivity index (χ0) is 45.4. The SMILES string of the molecule is CC/C=C\C/C=C\C/C=C\C/C=C\CCCCCCCCCCCCCOCC(COC1OC(CO)C(O)C(OS(=O)(=O)O)C1O)OC(=O)CCCCCCC/C=C\CCCC. The Labute approximate surface area is 376 Å². The zero-order valence-electron chi connectivity index (χ0n) is 38.4. The molecule has 1 heterocycles. The minimum atomic E-state index is -5.06. The van der Waals surface area contributed by atoms with Crippen molar-refractivity contribution in [3.8, 4) is 0 Å². The highest BCUT2D eigenvalue weighted by Crippen LogP contribution is 2.26. The smallest absolute Gasteiger partial charge is 0.397 e. The van der Waals surface area contributed by atoms with Gasteiger partial charge in [-0.1, -0.05) is 164 Å². The van der Waals surface area contributed by atoms with Crippen molar-refractivity contribution in [2.24, 2.45) is 0 Å². The Morgan fingerprint density at radius 1 is 0.629 bits per heavy atom. The van der Waals surface area contributed by atoms with E-state index in [-0.39, 0.29) is 19.6 Å². The third-order valence-electron chi connectivity index (χ3n) is 10.6. The lowest BCUT2D eigenvalue weighted by atomic mass is 9.99. The average Bonchev–Trinajstić information content (AvgIpc) is 3.24. The van der Waals surface area contributed by atoms with Gasteiger partial charge in [-0.2, -0.15) is 8.42 Å². The molecule has 1 fully saturated rings. The van der Waals surface area contributed by atoms with Crippen LogP contribution in [0.25, 0.3) is 0 Å². The van der Waals surface area contributed by atoms with Crippen LogP contribution >= 0.6 is 0 Å². The van der Waals surface area contributed by atoms with Gasteiger partial charge < -0.3 is 34.3 Å². The van der Waals surface area contributed by atoms with E-state index < -0.39 is 59.8 Å². The Balaban J connectivity index is 2.33. The van der Waals surface area contributed by atoms with Crippen molar-refractivity contribution in [1.29, 1.82) is 0 Å². The first-order valence-electron chi connectivity index (χ1n) is 24.0. The minimum Gasteiger partial charge on any atom is -0.457 e. The van der Waals surface area contributed by atoms with Crippen LogP contribution in [0.15, 0.2) is 60.8 Å². The van der Waals surface area contributed by atoms with Crippen molar-refractivity contribution in [2.75, 3.05) is 26.4 Å². The Bertz CT molecular complexity index is 1310. The Kier molecular flexibility index (Phi) is 37.6. The number of aliphatic hydroxyl groups is 3. The first-order valence-corrected chi connectivity index (χ1v) is 25.4. The van der Waals surface area contributed by atoms with Gasteiger partial charge in [0.2, 0.25) is 0 Å². The summed E-state index contributed by atoms with van der Waals surface area (Å²) < 4.78 is 59.1. The second-order valence-corrected chi connectivity index (χ2v) is 17.4. The van der Waals surface area contributed by atoms with Crippen LogP contribution in [0.4, 0.5) is 0 Å². The molecule has 12 nitrogen and oxygen atoms in total. The number of hydrogen-bond donors (Lipinski definition) is 4. The van der Waals surface area contributed by atoms with Gasteiger partial charge in [-0.15, -0.1) is 0 Å². The second-order valence-electron chi connectivity index (χ2n) is 16.3. The maximum atomic E-state index is 12.8. The van der Waals surface area contributed by atoms with Crippen LogP contribution in [0, 0.1) is 0 Å². The molecule has 0 saturated carbocycles. The third-order valence-corrected chi connectivity index (χ3v) is 11.1. The summed E-state index contributed by atoms with van der Waals surface area (Å²) in [5.74, 6) is -0.413. The molecule has 0 radical (unpaired) electrons. The summed E-state index contributed by atoms with van der Waals surface area (Å²) in [6.07, 6.45) is 41.2. The Hall–Kier alpha value is -2.20. The van der Waals surface area contributed by atoms with Crippen molar-refractivity contribution in [3.63, 3.8) is 0 Å². The van der Waals surface area contributed by atoms with E-state index in [0.717, 1.165) is 89.9 Å². The maximum absolute atomic E-state index is 12.8. The van der Waals surface area contributed by atoms with Crippen molar-refractivity contribution >= 4 is 16.4 Å². The molecule has 0 aromatic rings. The molecule has 1 rings (SSSR count). The molecule has 0 bridgehead atoms. The summed E-state index contributed by atoms with van der Waals surface area (Å²) in [7, 11) is -5.06. The number of hydrogen-bond acceptors (Lipinski definition) is 11. The highest BCUT2D eigenvalue weighted by atomic mass is 32.3. The lowest BCUT2D eigenvalue weighted by molar-refractivity contribution is -0.301. The van der Waals surface area contributed by atoms with Gasteiger partial charge in [0.25, 0.3) is 0 Å². The number of carbonyl (C=O) groups excluding carboxylic acids is 1. The number of aliphatic hydroxyl groups excluding tert-OH is 3. The van der Waals surface area contributed by atoms with Gasteiger partial charge in [-0.3, -0.25) is 9.35 Å². The van der Waals surface area contributed by atoms with E-state index >= 15 is 0 Å². The van der Waals surface area contributed by atoms with Crippen molar-refractivity contribution in [1.82, 2.24) is 0 Å². The van der Waals surface area contributed by atoms with Gasteiger partial charge in [0.05, 0.1) is 19.8 Å². The fourth-order valence-corrected chi connectivity index (χ4v) is 7.51. The second kappa shape index (κ2) is 40.3. The Morgan fingerprint density at radius 3 is 1.65 bits per heavy atom. The van der Waals surface area contributed by atoms with Gasteiger partial charge >= 0.3 is 16.4 Å². The normalized spacial score (nSPS) is 20.5. The molecule has 0 spiro atoms. The fraction of sp³-hybridized carbons (Fsp3) is 0.776. The molecule has 4 N–H and O–H groups in total. The molecule has 62 heavy (non-hydrogen) atoms. The molecule has 360 valence electrons. The van der Waals surface area contributed by atoms with Crippen LogP contribution in [0.1, 0.15) is 181 Å². The van der Waals surface area contributed by atoms with Crippen LogP contribution in [-0.4, -0.2) is 97.5 Å². The van der Waals surface area contributed by atoms with Crippen molar-refractivity contribution < 1.29 is 56.2 Å². The van der Waals surface area contributed by atoms with Gasteiger partial charge in [-0.25, -0.2) is 4.18 Å². The summed E-state index contributed by atoms with van der Waals surface area (Å²) in [5.41, 5.74) is 0. The van der Waals surface area contributed by atoms with E-state index in [1.807, 2.05) is 0 Å². The summed E-state index contributed by atoms with van der Waals surface area (Å²) >= 11 is 0. The molecular weight excluding hydrogens is 813 g/mol. The molecule has 1 saturated heterocycles. The first kappa shape index (κ1) is 57.8. The summed E-state index contributed by atoms with van der Waals surface area (Å²) in [5, 5.41) is 30.7. The lowest BCUT2D eigenvalue weighted by Gasteiger charge is -2.41. The molecule has 0 aromatic carbocycles. The summed E-state index contributed by atoms with van der Waals surface area (Å²) in [4.78, 5) is 12.8. The summed E-state index contributed by atoms with van der Waals surface area (Å²) in [6.45, 7) is 3.81. The van der Waals surface area contributed by atoms with E-state index in [0.29, 0.717) is 13.0 Å². The number of rotatable bonds is 41. The quantitative estimate of drug-likeness (QED) is 0.0198. The Morgan fingerprint density at radius 2 is 1.11 bits per heavy atom. The molecule has 0 aliphatic carbocycles. The highest BCUT2D eigenvalue weighted by Gasteiger charge is 2.48. The predicted octanol–water partition coefficient (Wildman–Crippen LogP) is 10.5. The van der Waals surface area contributed by atoms with Gasteiger partial charge in [0, 0.05) is 13.0 Å². The molecule has 0 amide bonds. The number of esters is 1. The standard InChI is InChI=1S/C49H86O12S/c1-3-5-7-9-11-13-15-16-17-18-19-20-21-22-23-24-25-26-27-29-31-33-35-37-39-57-41-43(59-45(51)38-36-34-32-30-28-14-12-10-8-6-4-2)42-58-49-47(53)48(61-62(54,55)56)46(52)44(40-50)60-49/h5,7,10-13,16-17,19-20,43-44,46-50,52-53H,3-4,6,8-9,14-15,18,21-42H2,1-2H3,(H,54,55,56)/b7-5-,12-10-,13-11-,17-16-,20-19-. The van der Waals surface area contributed by atoms with Crippen LogP contribution in [0.5, 0.6) is 0 Å². The van der Waals surface area contributed by atoms with Crippen molar-refractivity contribution in [3.05, 3.63) is 60.8 Å². The average molecular weight is 899 g/mol. The van der Waals surface area contributed by atoms with Crippen LogP contribution in [-0.2, 0) is 38.3 Å². The molecule has 1 aliphatic rings. The molecule has 0 aromatic heterocycles. The molecule has 6 atom stereocenters. The maximum Gasteiger partial charge on any atom is 0.397 e. The fourth-order valence-electron chi connectivity index (χ4n) is 7.00. The van der Waals surface area contributed by atoms with E-state index in [4.69, 9.17) is 23.5 Å². The minimum absolute atomic E-state index is 0.0285.